The summed E-state index contributed by atoms with van der Waals surface area (Å²) in [6.45, 7) is 0.488. The van der Waals surface area contributed by atoms with Gasteiger partial charge in [-0.1, -0.05) is 11.6 Å². The van der Waals surface area contributed by atoms with Crippen molar-refractivity contribution in [1.29, 1.82) is 0 Å². The Morgan fingerprint density at radius 2 is 1.85 bits per heavy atom. The maximum atomic E-state index is 14.0. The zero-order valence-corrected chi connectivity index (χ0v) is 14.6. The summed E-state index contributed by atoms with van der Waals surface area (Å²) in [5.74, 6) is -3.09. The van der Waals surface area contributed by atoms with Gasteiger partial charge >= 0.3 is 5.97 Å². The van der Waals surface area contributed by atoms with E-state index in [1.165, 1.54) is 13.0 Å². The molecule has 2 rings (SSSR count). The molecule has 0 unspecified atom stereocenters. The third kappa shape index (κ3) is 5.08. The Morgan fingerprint density at radius 1 is 1.19 bits per heavy atom. The molecule has 10 heteroatoms. The Kier molecular flexibility index (Phi) is 6.19. The first-order valence-corrected chi connectivity index (χ1v) is 7.78. The van der Waals surface area contributed by atoms with Crippen molar-refractivity contribution < 1.29 is 28.4 Å². The molecule has 1 amide bonds. The fraction of sp³-hybridized carbons (Fsp3) is 0.118. The summed E-state index contributed by atoms with van der Waals surface area (Å²) in [5, 5.41) is 12.8. The molecule has 0 saturated carbocycles. The van der Waals surface area contributed by atoms with Gasteiger partial charge in [0.1, 0.15) is 5.82 Å². The van der Waals surface area contributed by atoms with E-state index in [9.17, 15) is 28.9 Å². The zero-order chi connectivity index (χ0) is 20.1. The van der Waals surface area contributed by atoms with E-state index in [0.717, 1.165) is 30.3 Å². The number of halogens is 2. The number of esters is 1. The topological polar surface area (TPSA) is 116 Å². The molecule has 0 saturated heterocycles. The van der Waals surface area contributed by atoms with Gasteiger partial charge in [-0.25, -0.2) is 9.18 Å². The summed E-state index contributed by atoms with van der Waals surface area (Å²) in [6, 6.07) is 6.56. The maximum Gasteiger partial charge on any atom is 0.340 e. The Morgan fingerprint density at radius 3 is 2.41 bits per heavy atom. The van der Waals surface area contributed by atoms with Crippen molar-refractivity contribution in [3.63, 3.8) is 0 Å². The normalized spacial score (nSPS) is 10.2. The second-order valence-corrected chi connectivity index (χ2v) is 5.70. The summed E-state index contributed by atoms with van der Waals surface area (Å²) in [4.78, 5) is 44.9. The number of nitro benzene ring substituents is 1. The highest BCUT2D eigenvalue weighted by atomic mass is 35.5. The maximum absolute atomic E-state index is 14.0. The Hall–Kier alpha value is -3.33. The van der Waals surface area contributed by atoms with Crippen molar-refractivity contribution in [2.75, 3.05) is 11.9 Å². The summed E-state index contributed by atoms with van der Waals surface area (Å²) in [6.07, 6.45) is 0. The predicted octanol–water partition coefficient (Wildman–Crippen LogP) is 3.39. The van der Waals surface area contributed by atoms with E-state index < -0.39 is 35.0 Å². The lowest BCUT2D eigenvalue weighted by molar-refractivity contribution is -0.384. The third-order valence-electron chi connectivity index (χ3n) is 3.31. The molecule has 0 atom stereocenters. The highest BCUT2D eigenvalue weighted by Gasteiger charge is 2.19. The molecule has 0 radical (unpaired) electrons. The second-order valence-electron chi connectivity index (χ2n) is 5.30. The molecule has 8 nitrogen and oxygen atoms in total. The van der Waals surface area contributed by atoms with Crippen LogP contribution in [0, 0.1) is 15.9 Å². The van der Waals surface area contributed by atoms with E-state index in [1.54, 1.807) is 0 Å². The molecule has 0 heterocycles. The number of nitrogens with zero attached hydrogens (tertiary/aromatic N) is 1. The Balaban J connectivity index is 2.06. The molecule has 0 spiro atoms. The van der Waals surface area contributed by atoms with E-state index in [0.29, 0.717) is 0 Å². The zero-order valence-electron chi connectivity index (χ0n) is 13.8. The summed E-state index contributed by atoms with van der Waals surface area (Å²) >= 11 is 5.80. The molecular weight excluding hydrogens is 383 g/mol. The molecule has 0 aromatic heterocycles. The van der Waals surface area contributed by atoms with E-state index in [-0.39, 0.29) is 27.5 Å². The van der Waals surface area contributed by atoms with Crippen molar-refractivity contribution in [3.05, 3.63) is 68.5 Å². The van der Waals surface area contributed by atoms with Crippen molar-refractivity contribution in [2.45, 2.75) is 6.92 Å². The minimum absolute atomic E-state index is 0.170. The number of hydrogen-bond donors (Lipinski definition) is 1. The molecule has 2 aromatic rings. The molecule has 0 aliphatic rings. The lowest BCUT2D eigenvalue weighted by atomic mass is 10.1. The van der Waals surface area contributed by atoms with Gasteiger partial charge in [-0.05, 0) is 24.3 Å². The second kappa shape index (κ2) is 8.37. The van der Waals surface area contributed by atoms with Crippen LogP contribution in [0.2, 0.25) is 5.02 Å². The Labute approximate surface area is 157 Å². The van der Waals surface area contributed by atoms with Crippen LogP contribution in [0.5, 0.6) is 0 Å². The van der Waals surface area contributed by atoms with E-state index in [1.807, 2.05) is 0 Å². The number of carbonyl (C=O) groups is 3. The number of hydrogen-bond acceptors (Lipinski definition) is 6. The smallest absolute Gasteiger partial charge is 0.340 e. The van der Waals surface area contributed by atoms with Crippen LogP contribution in [0.15, 0.2) is 36.4 Å². The number of ether oxygens (including phenoxy) is 1. The monoisotopic (exact) mass is 394 g/mol. The lowest BCUT2D eigenvalue weighted by Gasteiger charge is -2.08. The van der Waals surface area contributed by atoms with Crippen LogP contribution in [-0.4, -0.2) is 29.2 Å². The van der Waals surface area contributed by atoms with Gasteiger partial charge in [-0.3, -0.25) is 19.7 Å². The van der Waals surface area contributed by atoms with Crippen molar-refractivity contribution >= 4 is 40.6 Å². The third-order valence-corrected chi connectivity index (χ3v) is 3.62. The number of amides is 1. The van der Waals surface area contributed by atoms with Gasteiger partial charge in [-0.15, -0.1) is 0 Å². The summed E-state index contributed by atoms with van der Waals surface area (Å²) < 4.78 is 18.8. The van der Waals surface area contributed by atoms with Gasteiger partial charge in [-0.2, -0.15) is 0 Å². The van der Waals surface area contributed by atoms with Crippen molar-refractivity contribution in [1.82, 2.24) is 0 Å². The average molecular weight is 395 g/mol. The lowest BCUT2D eigenvalue weighted by Crippen LogP contribution is -2.16. The van der Waals surface area contributed by atoms with Gasteiger partial charge < -0.3 is 10.1 Å². The van der Waals surface area contributed by atoms with Crippen molar-refractivity contribution in [2.24, 2.45) is 0 Å². The first kappa shape index (κ1) is 20.0. The van der Waals surface area contributed by atoms with E-state index in [2.05, 4.69) is 5.32 Å². The van der Waals surface area contributed by atoms with E-state index in [4.69, 9.17) is 16.3 Å². The molecule has 27 heavy (non-hydrogen) atoms. The van der Waals surface area contributed by atoms with Gasteiger partial charge in [0.05, 0.1) is 21.1 Å². The number of benzene rings is 2. The molecule has 0 fully saturated rings. The summed E-state index contributed by atoms with van der Waals surface area (Å²) in [5.41, 5.74) is -0.636. The molecule has 1 N–H and O–H groups in total. The van der Waals surface area contributed by atoms with Crippen LogP contribution in [0.25, 0.3) is 0 Å². The Bertz CT molecular complexity index is 947. The first-order valence-electron chi connectivity index (χ1n) is 7.40. The SMILES string of the molecule is CC(=O)Nc1ccc(C(=O)COC(=O)c2ccc([N+](=O)[O-])cc2Cl)c(F)c1. The number of rotatable bonds is 6. The number of ketones is 1. The fourth-order valence-electron chi connectivity index (χ4n) is 2.09. The highest BCUT2D eigenvalue weighted by molar-refractivity contribution is 6.33. The van der Waals surface area contributed by atoms with Crippen molar-refractivity contribution in [3.8, 4) is 0 Å². The first-order chi connectivity index (χ1) is 12.7. The molecule has 140 valence electrons. The van der Waals surface area contributed by atoms with Crippen LogP contribution in [0.3, 0.4) is 0 Å². The molecule has 0 aliphatic heterocycles. The molecule has 2 aromatic carbocycles. The van der Waals surface area contributed by atoms with Gasteiger partial charge in [0.15, 0.2) is 6.61 Å². The number of Topliss-reactive ketones (excluding diaryl/α,β-unsaturated/α-hetero) is 1. The van der Waals surface area contributed by atoms with Crippen LogP contribution in [-0.2, 0) is 9.53 Å². The fourth-order valence-corrected chi connectivity index (χ4v) is 2.34. The van der Waals surface area contributed by atoms with E-state index >= 15 is 0 Å². The average Bonchev–Trinajstić information content (AvgIpc) is 2.58. The number of non-ortho nitro benzene ring substituents is 1. The standard InChI is InChI=1S/C17H12ClFN2O6/c1-9(22)20-10-2-4-13(15(19)6-10)16(23)8-27-17(24)12-5-3-11(21(25)26)7-14(12)18/h2-7H,8H2,1H3,(H,20,22). The van der Waals surface area contributed by atoms with Crippen LogP contribution < -0.4 is 5.32 Å². The number of carbonyl (C=O) groups excluding carboxylic acids is 3. The minimum atomic E-state index is -0.987. The van der Waals surface area contributed by atoms with Gasteiger partial charge in [0.2, 0.25) is 11.7 Å². The van der Waals surface area contributed by atoms with Gasteiger partial charge in [0, 0.05) is 24.7 Å². The van der Waals surface area contributed by atoms with Gasteiger partial charge in [0.25, 0.3) is 5.69 Å². The van der Waals surface area contributed by atoms with Crippen LogP contribution >= 0.6 is 11.6 Å². The summed E-state index contributed by atoms with van der Waals surface area (Å²) in [7, 11) is 0. The number of nitro groups is 1. The largest absolute Gasteiger partial charge is 0.454 e. The highest BCUT2D eigenvalue weighted by Crippen LogP contribution is 2.23. The number of nitrogens with one attached hydrogen (secondary N) is 1. The quantitative estimate of drug-likeness (QED) is 0.347. The minimum Gasteiger partial charge on any atom is -0.454 e. The van der Waals surface area contributed by atoms with Crippen LogP contribution in [0.4, 0.5) is 15.8 Å². The molecule has 0 bridgehead atoms. The molecule has 0 aliphatic carbocycles. The van der Waals surface area contributed by atoms with Crippen LogP contribution in [0.1, 0.15) is 27.6 Å². The predicted molar refractivity (Wildman–Crippen MR) is 93.4 cm³/mol. The molecular formula is C17H12ClFN2O6. The number of anilines is 1.